The summed E-state index contributed by atoms with van der Waals surface area (Å²) in [5.41, 5.74) is 10.7. The molecule has 1 aliphatic heterocycles. The lowest BCUT2D eigenvalue weighted by molar-refractivity contribution is 0.314. The number of hydrazone groups is 1. The molecule has 1 aliphatic rings. The molecule has 120 valence electrons. The van der Waals surface area contributed by atoms with Crippen molar-refractivity contribution >= 4 is 39.0 Å². The van der Waals surface area contributed by atoms with Gasteiger partial charge in [0.2, 0.25) is 0 Å². The van der Waals surface area contributed by atoms with Gasteiger partial charge in [-0.05, 0) is 36.8 Å². The van der Waals surface area contributed by atoms with E-state index in [0.29, 0.717) is 18.1 Å². The van der Waals surface area contributed by atoms with E-state index in [0.717, 1.165) is 10.6 Å². The first-order valence-corrected chi connectivity index (χ1v) is 8.14. The molecular formula is C11H16N6O3S2. The molecule has 6 N–H and O–H groups in total. The SMILES string of the molecule is CC1=NNC(S(=O)(=O)O)N1NC(=S)Nc1cccc(CN)c1. The van der Waals surface area contributed by atoms with Crippen molar-refractivity contribution in [1.29, 1.82) is 0 Å². The number of nitrogens with one attached hydrogen (secondary N) is 3. The Hall–Kier alpha value is -1.95. The Morgan fingerprint density at radius 3 is 2.95 bits per heavy atom. The van der Waals surface area contributed by atoms with Crippen molar-refractivity contribution < 1.29 is 13.0 Å². The molecule has 0 spiro atoms. The molecule has 1 aromatic carbocycles. The number of thiocarbonyl (C=S) groups is 1. The molecule has 22 heavy (non-hydrogen) atoms. The van der Waals surface area contributed by atoms with Gasteiger partial charge in [-0.1, -0.05) is 12.1 Å². The summed E-state index contributed by atoms with van der Waals surface area (Å²) in [6.45, 7) is 1.95. The number of benzene rings is 1. The standard InChI is InChI=1S/C11H16N6O3S2/c1-7-14-15-11(22(18,19)20)17(7)16-10(21)13-9-4-2-3-8(5-9)6-12/h2-5,11,15H,6,12H2,1H3,(H2,13,16,21)(H,18,19,20). The van der Waals surface area contributed by atoms with Gasteiger partial charge < -0.3 is 11.1 Å². The van der Waals surface area contributed by atoms with Gasteiger partial charge >= 0.3 is 10.1 Å². The first kappa shape index (κ1) is 16.4. The molecule has 1 aromatic rings. The van der Waals surface area contributed by atoms with Gasteiger partial charge in [-0.2, -0.15) is 13.5 Å². The van der Waals surface area contributed by atoms with E-state index in [1.54, 1.807) is 13.0 Å². The van der Waals surface area contributed by atoms with Crippen molar-refractivity contribution in [3.05, 3.63) is 29.8 Å². The van der Waals surface area contributed by atoms with E-state index < -0.39 is 15.6 Å². The Morgan fingerprint density at radius 2 is 2.32 bits per heavy atom. The molecule has 1 atom stereocenters. The van der Waals surface area contributed by atoms with E-state index in [2.05, 4.69) is 21.3 Å². The van der Waals surface area contributed by atoms with Gasteiger partial charge in [-0.3, -0.25) is 15.4 Å². The monoisotopic (exact) mass is 344 g/mol. The van der Waals surface area contributed by atoms with Crippen molar-refractivity contribution in [2.75, 3.05) is 5.32 Å². The number of rotatable bonds is 4. The number of hydrazine groups is 1. The highest BCUT2D eigenvalue weighted by Gasteiger charge is 2.35. The molecule has 1 heterocycles. The Kier molecular flexibility index (Phi) is 4.81. The molecule has 9 nitrogen and oxygen atoms in total. The zero-order chi connectivity index (χ0) is 16.3. The number of nitrogens with two attached hydrogens (primary N) is 1. The Labute approximate surface area is 133 Å². The lowest BCUT2D eigenvalue weighted by atomic mass is 10.2. The third kappa shape index (κ3) is 3.82. The van der Waals surface area contributed by atoms with Gasteiger partial charge in [0, 0.05) is 12.2 Å². The third-order valence-corrected chi connectivity index (χ3v) is 3.92. The molecule has 11 heteroatoms. The minimum absolute atomic E-state index is 0.140. The summed E-state index contributed by atoms with van der Waals surface area (Å²) < 4.78 is 31.7. The van der Waals surface area contributed by atoms with Crippen LogP contribution in [0.1, 0.15) is 12.5 Å². The molecule has 0 bridgehead atoms. The maximum absolute atomic E-state index is 11.3. The smallest absolute Gasteiger partial charge is 0.309 e. The van der Waals surface area contributed by atoms with Crippen LogP contribution in [0, 0.1) is 0 Å². The summed E-state index contributed by atoms with van der Waals surface area (Å²) in [6, 6.07) is 7.30. The Morgan fingerprint density at radius 1 is 1.59 bits per heavy atom. The molecule has 1 unspecified atom stereocenters. The topological polar surface area (TPSA) is 132 Å². The maximum Gasteiger partial charge on any atom is 0.309 e. The second kappa shape index (κ2) is 6.44. The van der Waals surface area contributed by atoms with Crippen LogP contribution in [0.2, 0.25) is 0 Å². The minimum Gasteiger partial charge on any atom is -0.331 e. The highest BCUT2D eigenvalue weighted by atomic mass is 32.2. The van der Waals surface area contributed by atoms with Gasteiger partial charge in [-0.15, -0.1) is 0 Å². The van der Waals surface area contributed by atoms with Crippen molar-refractivity contribution in [3.8, 4) is 0 Å². The van der Waals surface area contributed by atoms with Crippen LogP contribution in [-0.2, 0) is 16.7 Å². The van der Waals surface area contributed by atoms with Crippen LogP contribution in [0.25, 0.3) is 0 Å². The second-order valence-electron chi connectivity index (χ2n) is 4.50. The average molecular weight is 344 g/mol. The summed E-state index contributed by atoms with van der Waals surface area (Å²) in [5, 5.41) is 7.89. The predicted octanol–water partition coefficient (Wildman–Crippen LogP) is -0.243. The fourth-order valence-corrected chi connectivity index (χ4v) is 2.69. The van der Waals surface area contributed by atoms with Gasteiger partial charge in [0.15, 0.2) is 5.11 Å². The Balaban J connectivity index is 2.06. The lowest BCUT2D eigenvalue weighted by Crippen LogP contribution is -2.55. The first-order valence-electron chi connectivity index (χ1n) is 6.23. The molecule has 0 aliphatic carbocycles. The van der Waals surface area contributed by atoms with E-state index in [1.165, 1.54) is 0 Å². The first-order chi connectivity index (χ1) is 10.3. The summed E-state index contributed by atoms with van der Waals surface area (Å²) in [4.78, 5) is 0. The van der Waals surface area contributed by atoms with E-state index in [-0.39, 0.29) is 5.11 Å². The lowest BCUT2D eigenvalue weighted by Gasteiger charge is -2.25. The number of anilines is 1. The second-order valence-corrected chi connectivity index (χ2v) is 6.38. The van der Waals surface area contributed by atoms with E-state index in [9.17, 15) is 8.42 Å². The normalized spacial score (nSPS) is 17.7. The molecule has 0 saturated carbocycles. The average Bonchev–Trinajstić information content (AvgIpc) is 2.80. The quantitative estimate of drug-likeness (QED) is 0.371. The van der Waals surface area contributed by atoms with Crippen LogP contribution in [-0.4, -0.2) is 34.4 Å². The van der Waals surface area contributed by atoms with E-state index in [4.69, 9.17) is 22.5 Å². The number of nitrogens with zero attached hydrogens (tertiary/aromatic N) is 2. The predicted molar refractivity (Wildman–Crippen MR) is 87.1 cm³/mol. The van der Waals surface area contributed by atoms with Gasteiger partial charge in [0.05, 0.1) is 0 Å². The van der Waals surface area contributed by atoms with Crippen LogP contribution < -0.4 is 21.9 Å². The van der Waals surface area contributed by atoms with Crippen molar-refractivity contribution in [2.45, 2.75) is 19.0 Å². The van der Waals surface area contributed by atoms with E-state index in [1.807, 2.05) is 18.2 Å². The van der Waals surface area contributed by atoms with Gasteiger partial charge in [0.1, 0.15) is 5.84 Å². The fourth-order valence-electron chi connectivity index (χ4n) is 1.81. The van der Waals surface area contributed by atoms with Gasteiger partial charge in [-0.25, -0.2) is 5.01 Å². The van der Waals surface area contributed by atoms with Crippen molar-refractivity contribution in [1.82, 2.24) is 15.9 Å². The molecular weight excluding hydrogens is 328 g/mol. The number of hydrogen-bond donors (Lipinski definition) is 5. The summed E-state index contributed by atoms with van der Waals surface area (Å²) in [5.74, 6) is 0.308. The number of hydrogen-bond acceptors (Lipinski definition) is 7. The third-order valence-electron chi connectivity index (χ3n) is 2.84. The molecule has 0 amide bonds. The minimum atomic E-state index is -4.38. The fraction of sp³-hybridized carbons (Fsp3) is 0.273. The summed E-state index contributed by atoms with van der Waals surface area (Å²) in [6.07, 6.45) is 0. The van der Waals surface area contributed by atoms with Crippen LogP contribution in [0.3, 0.4) is 0 Å². The van der Waals surface area contributed by atoms with E-state index >= 15 is 0 Å². The summed E-state index contributed by atoms with van der Waals surface area (Å²) in [7, 11) is -4.38. The number of amidine groups is 1. The molecule has 0 fully saturated rings. The maximum atomic E-state index is 11.3. The Bertz CT molecular complexity index is 706. The zero-order valence-corrected chi connectivity index (χ0v) is 13.3. The van der Waals surface area contributed by atoms with Crippen molar-refractivity contribution in [3.63, 3.8) is 0 Å². The molecule has 2 rings (SSSR count). The molecule has 0 radical (unpaired) electrons. The molecule has 0 saturated heterocycles. The zero-order valence-electron chi connectivity index (χ0n) is 11.6. The highest BCUT2D eigenvalue weighted by molar-refractivity contribution is 7.86. The molecule has 0 aromatic heterocycles. The van der Waals surface area contributed by atoms with Gasteiger partial charge in [0.25, 0.3) is 5.50 Å². The van der Waals surface area contributed by atoms with Crippen LogP contribution in [0.4, 0.5) is 5.69 Å². The van der Waals surface area contributed by atoms with Crippen LogP contribution in [0.5, 0.6) is 0 Å². The summed E-state index contributed by atoms with van der Waals surface area (Å²) >= 11 is 5.13. The van der Waals surface area contributed by atoms with Crippen LogP contribution in [0.15, 0.2) is 29.4 Å². The highest BCUT2D eigenvalue weighted by Crippen LogP contribution is 2.11. The van der Waals surface area contributed by atoms with Crippen LogP contribution >= 0.6 is 12.2 Å². The van der Waals surface area contributed by atoms with Crippen molar-refractivity contribution in [2.24, 2.45) is 10.8 Å². The largest absolute Gasteiger partial charge is 0.331 e.